The van der Waals surface area contributed by atoms with Gasteiger partial charge < -0.3 is 30.7 Å². The number of aliphatic hydroxyl groups excluding tert-OH is 1. The summed E-state index contributed by atoms with van der Waals surface area (Å²) in [5, 5.41) is 7.71. The van der Waals surface area contributed by atoms with Gasteiger partial charge in [-0.3, -0.25) is 23.4 Å². The second-order valence-corrected chi connectivity index (χ2v) is 15.5. The lowest BCUT2D eigenvalue weighted by Gasteiger charge is -2.27. The van der Waals surface area contributed by atoms with E-state index in [1.807, 2.05) is 0 Å². The monoisotopic (exact) mass is 727 g/mol. The van der Waals surface area contributed by atoms with Crippen LogP contribution in [0, 0.1) is 0 Å². The number of rotatable bonds is 10. The van der Waals surface area contributed by atoms with Gasteiger partial charge in [-0.05, 0) is 16.4 Å². The number of nitrogens with two attached hydrogens (primary N) is 2. The molecule has 10 atom stereocenters. The van der Waals surface area contributed by atoms with Crippen molar-refractivity contribution in [2.24, 2.45) is 0 Å². The molecule has 25 heteroatoms. The number of aromatic amines is 1. The fourth-order valence-electron chi connectivity index (χ4n) is 5.00. The number of nitrogen functional groups attached to an aromatic ring is 2. The number of imidazole rings is 2. The van der Waals surface area contributed by atoms with Gasteiger partial charge in [0.1, 0.15) is 47.8 Å². The van der Waals surface area contributed by atoms with Gasteiger partial charge in [0.15, 0.2) is 41.1 Å². The van der Waals surface area contributed by atoms with Crippen molar-refractivity contribution in [3.05, 3.63) is 29.3 Å². The Labute approximate surface area is 265 Å². The van der Waals surface area contributed by atoms with Gasteiger partial charge in [-0.2, -0.15) is 4.98 Å². The minimum Gasteiger partial charge on any atom is -0.395 e. The molecule has 7 N–H and O–H groups in total. The van der Waals surface area contributed by atoms with E-state index in [1.165, 1.54) is 21.8 Å². The van der Waals surface area contributed by atoms with Crippen LogP contribution in [0.2, 0.25) is 0 Å². The number of hydrogen-bond donors (Lipinski definition) is 6. The van der Waals surface area contributed by atoms with Crippen molar-refractivity contribution in [3.8, 4) is 0 Å². The summed E-state index contributed by atoms with van der Waals surface area (Å²) in [6.07, 6.45) is -6.07. The standard InChI is InChI=1S/C20H22F2N10O8P2S3/c21-8-7(1-33)45-19(32-5-28-11-16(32)29-20(24)30-17(11)34)13(8)40-42(36,44)37-2-6-12(39-41(35)43)9(22)18(38-6)31-4-27-10-14(23)25-3-26-15(10)31/h3-9,12-13,18-19,33H,1-2H2,(H6-,23,24,25,26,29,30,34,35,36,43,44)/p+1/t6-,7-,8+,9+,12-,13-,18-,19-,42?/m1/s1. The third-order valence-electron chi connectivity index (χ3n) is 6.97. The fourth-order valence-corrected chi connectivity index (χ4v) is 8.68. The first-order valence-corrected chi connectivity index (χ1v) is 18.6. The highest BCUT2D eigenvalue weighted by Gasteiger charge is 2.53. The number of aliphatic hydroxyl groups is 1. The molecule has 0 saturated carbocycles. The van der Waals surface area contributed by atoms with Gasteiger partial charge in [0.05, 0.1) is 31.1 Å². The second-order valence-electron chi connectivity index (χ2n) is 9.70. The molecule has 2 fully saturated rings. The number of hydrogen-bond acceptors (Lipinski definition) is 16. The third-order valence-corrected chi connectivity index (χ3v) is 10.8. The summed E-state index contributed by atoms with van der Waals surface area (Å²) < 4.78 is 67.7. The summed E-state index contributed by atoms with van der Waals surface area (Å²) in [7, 11) is -2.63. The van der Waals surface area contributed by atoms with Crippen molar-refractivity contribution in [2.75, 3.05) is 24.7 Å². The summed E-state index contributed by atoms with van der Waals surface area (Å²) in [5.41, 5.74) is 11.1. The maximum Gasteiger partial charge on any atom is 0.582 e. The van der Waals surface area contributed by atoms with Crippen LogP contribution in [0.3, 0.4) is 0 Å². The number of halogens is 2. The minimum atomic E-state index is -4.35. The van der Waals surface area contributed by atoms with Crippen molar-refractivity contribution in [1.29, 1.82) is 0 Å². The highest BCUT2D eigenvalue weighted by molar-refractivity contribution is 8.39. The first-order valence-electron chi connectivity index (χ1n) is 12.7. The first-order chi connectivity index (χ1) is 21.4. The topological polar surface area (TPSA) is 254 Å². The Morgan fingerprint density at radius 3 is 2.62 bits per heavy atom. The maximum absolute atomic E-state index is 15.7. The number of H-pyrrole nitrogens is 1. The van der Waals surface area contributed by atoms with Crippen molar-refractivity contribution in [2.45, 2.75) is 47.5 Å². The molecule has 4 aromatic heterocycles. The molecule has 2 aliphatic heterocycles. The van der Waals surface area contributed by atoms with Crippen LogP contribution in [0.5, 0.6) is 0 Å². The Morgan fingerprint density at radius 2 is 1.89 bits per heavy atom. The third kappa shape index (κ3) is 6.19. The van der Waals surface area contributed by atoms with E-state index in [1.54, 1.807) is 0 Å². The molecule has 0 amide bonds. The van der Waals surface area contributed by atoms with Crippen LogP contribution < -0.4 is 17.0 Å². The fraction of sp³-hybridized carbons (Fsp3) is 0.500. The molecule has 242 valence electrons. The molecule has 2 saturated heterocycles. The molecule has 0 bridgehead atoms. The molecule has 6 rings (SSSR count). The molecule has 0 radical (unpaired) electrons. The van der Waals surface area contributed by atoms with Crippen LogP contribution in [0.4, 0.5) is 20.5 Å². The quantitative estimate of drug-likeness (QED) is 0.0980. The SMILES string of the molecule is Nc1nc2c(ncn2[C@@H]2S[C@H](CO)[C@H](F)[C@H]2OP(O)(=S)OC[C@H]2O[C@@H](n3cnc4c(N)ncnc43)[C@@H](F)[C@@H]2O[P+](=O)S)c(=O)[nH]1. The van der Waals surface area contributed by atoms with Gasteiger partial charge in [-0.1, -0.05) is 0 Å². The van der Waals surface area contributed by atoms with E-state index in [2.05, 4.69) is 42.2 Å². The summed E-state index contributed by atoms with van der Waals surface area (Å²) in [5.74, 6) is -0.176. The molecule has 45 heavy (non-hydrogen) atoms. The predicted molar refractivity (Wildman–Crippen MR) is 162 cm³/mol. The normalized spacial score (nSPS) is 30.3. The Bertz CT molecular complexity index is 1870. The molecular formula is C20H23F2N10O8P2S3+. The number of fused-ring (bicyclic) bond motifs is 2. The van der Waals surface area contributed by atoms with Crippen LogP contribution in [-0.4, -0.2) is 98.2 Å². The summed E-state index contributed by atoms with van der Waals surface area (Å²) in [4.78, 5) is 45.6. The van der Waals surface area contributed by atoms with Crippen molar-refractivity contribution in [3.63, 3.8) is 0 Å². The zero-order valence-corrected chi connectivity index (χ0v) is 26.6. The van der Waals surface area contributed by atoms with E-state index in [0.717, 1.165) is 18.1 Å². The van der Waals surface area contributed by atoms with E-state index in [0.29, 0.717) is 0 Å². The number of aromatic nitrogens is 8. The van der Waals surface area contributed by atoms with Crippen molar-refractivity contribution < 1.29 is 41.7 Å². The lowest BCUT2D eigenvalue weighted by atomic mass is 10.1. The maximum atomic E-state index is 15.7. The van der Waals surface area contributed by atoms with E-state index in [4.69, 9.17) is 41.6 Å². The van der Waals surface area contributed by atoms with Crippen LogP contribution in [-0.2, 0) is 34.7 Å². The summed E-state index contributed by atoms with van der Waals surface area (Å²) in [6, 6.07) is 0. The smallest absolute Gasteiger partial charge is 0.395 e. The number of alkyl halides is 2. The minimum absolute atomic E-state index is 0.000375. The molecular weight excluding hydrogens is 704 g/mol. The molecule has 4 aromatic rings. The van der Waals surface area contributed by atoms with E-state index < -0.39 is 80.2 Å². The Hall–Kier alpha value is -2.43. The lowest BCUT2D eigenvalue weighted by Crippen LogP contribution is -2.34. The van der Waals surface area contributed by atoms with Gasteiger partial charge in [0.25, 0.3) is 5.56 Å². The zero-order valence-electron chi connectivity index (χ0n) is 22.3. The lowest BCUT2D eigenvalue weighted by molar-refractivity contribution is -0.0430. The van der Waals surface area contributed by atoms with Crippen LogP contribution >= 0.6 is 38.0 Å². The van der Waals surface area contributed by atoms with Crippen LogP contribution in [0.25, 0.3) is 22.3 Å². The molecule has 0 aromatic carbocycles. The molecule has 6 heterocycles. The van der Waals surface area contributed by atoms with E-state index >= 15 is 8.78 Å². The Kier molecular flexibility index (Phi) is 9.13. The Balaban J connectivity index is 1.22. The average molecular weight is 728 g/mol. The highest BCUT2D eigenvalue weighted by Crippen LogP contribution is 2.55. The number of anilines is 2. The molecule has 2 aliphatic rings. The second kappa shape index (κ2) is 12.6. The first kappa shape index (κ1) is 32.5. The number of thiol groups is 1. The molecule has 2 unspecified atom stereocenters. The van der Waals surface area contributed by atoms with Gasteiger partial charge in [-0.25, -0.2) is 28.7 Å². The van der Waals surface area contributed by atoms with Gasteiger partial charge in [-0.15, -0.1) is 16.3 Å². The molecule has 18 nitrogen and oxygen atoms in total. The van der Waals surface area contributed by atoms with E-state index in [-0.39, 0.29) is 34.1 Å². The van der Waals surface area contributed by atoms with Gasteiger partial charge in [0.2, 0.25) is 5.95 Å². The summed E-state index contributed by atoms with van der Waals surface area (Å²) >= 11 is 9.80. The van der Waals surface area contributed by atoms with E-state index in [9.17, 15) is 19.4 Å². The van der Waals surface area contributed by atoms with Crippen molar-refractivity contribution >= 4 is 83.9 Å². The largest absolute Gasteiger partial charge is 0.582 e. The van der Waals surface area contributed by atoms with Crippen LogP contribution in [0.1, 0.15) is 11.6 Å². The van der Waals surface area contributed by atoms with Crippen LogP contribution in [0.15, 0.2) is 23.8 Å². The average Bonchev–Trinajstić information content (AvgIpc) is 3.73. The molecule has 0 spiro atoms. The predicted octanol–water partition coefficient (Wildman–Crippen LogP) is 0.895. The molecule has 0 aliphatic carbocycles. The number of ether oxygens (including phenoxy) is 1. The summed E-state index contributed by atoms with van der Waals surface area (Å²) in [6.45, 7) is -5.60. The number of nitrogens with one attached hydrogen (secondary N) is 1. The number of nitrogens with zero attached hydrogens (tertiary/aromatic N) is 7. The zero-order chi connectivity index (χ0) is 32.2. The van der Waals surface area contributed by atoms with Crippen molar-refractivity contribution in [1.82, 2.24) is 39.0 Å². The van der Waals surface area contributed by atoms with Gasteiger partial charge >= 0.3 is 13.9 Å². The Morgan fingerprint density at radius 1 is 1.16 bits per heavy atom. The number of thioether (sulfide) groups is 1. The highest BCUT2D eigenvalue weighted by atomic mass is 32.7. The van der Waals surface area contributed by atoms with Gasteiger partial charge in [0, 0.05) is 0 Å².